The topological polar surface area (TPSA) is 52.6 Å². The van der Waals surface area contributed by atoms with Gasteiger partial charge in [0.25, 0.3) is 5.78 Å². The Labute approximate surface area is 116 Å². The Morgan fingerprint density at radius 2 is 1.75 bits per heavy atom. The van der Waals surface area contributed by atoms with E-state index >= 15 is 0 Å². The molecule has 0 radical (unpaired) electrons. The molecule has 0 atom stereocenters. The molecule has 2 aromatic rings. The molecule has 0 aliphatic rings. The van der Waals surface area contributed by atoms with Crippen LogP contribution in [0.4, 0.5) is 0 Å². The maximum Gasteiger partial charge on any atom is 0.379 e. The van der Waals surface area contributed by atoms with Gasteiger partial charge in [0.2, 0.25) is 0 Å². The Morgan fingerprint density at radius 3 is 2.45 bits per heavy atom. The minimum Gasteiger partial charge on any atom is -0.463 e. The van der Waals surface area contributed by atoms with Gasteiger partial charge in [-0.15, -0.1) is 0 Å². The van der Waals surface area contributed by atoms with Crippen LogP contribution in [0.5, 0.6) is 11.5 Å². The maximum atomic E-state index is 11.9. The molecule has 0 aliphatic heterocycles. The van der Waals surface area contributed by atoms with Crippen LogP contribution < -0.4 is 4.74 Å². The lowest BCUT2D eigenvalue weighted by atomic mass is 10.1. The average Bonchev–Trinajstić information content (AvgIpc) is 2.46. The van der Waals surface area contributed by atoms with Crippen LogP contribution in [-0.4, -0.2) is 18.9 Å². The summed E-state index contributed by atoms with van der Waals surface area (Å²) in [6.45, 7) is 1.94. The van der Waals surface area contributed by atoms with Gasteiger partial charge in [0, 0.05) is 0 Å². The first-order valence-corrected chi connectivity index (χ1v) is 6.08. The molecule has 0 fully saturated rings. The molecule has 102 valence electrons. The number of ether oxygens (including phenoxy) is 2. The van der Waals surface area contributed by atoms with Crippen molar-refractivity contribution in [3.05, 3.63) is 59.7 Å². The summed E-state index contributed by atoms with van der Waals surface area (Å²) in [6, 6.07) is 14.0. The summed E-state index contributed by atoms with van der Waals surface area (Å²) in [5.74, 6) is -0.704. The van der Waals surface area contributed by atoms with Crippen molar-refractivity contribution in [2.45, 2.75) is 6.92 Å². The van der Waals surface area contributed by atoms with Crippen LogP contribution in [0.15, 0.2) is 48.5 Å². The fourth-order valence-corrected chi connectivity index (χ4v) is 1.75. The number of benzene rings is 2. The molecule has 0 unspecified atom stereocenters. The Hall–Kier alpha value is -2.62. The second-order valence-electron chi connectivity index (χ2n) is 4.24. The first-order chi connectivity index (χ1) is 9.61. The van der Waals surface area contributed by atoms with Gasteiger partial charge in [-0.3, -0.25) is 4.79 Å². The van der Waals surface area contributed by atoms with Gasteiger partial charge in [0.1, 0.15) is 11.5 Å². The quantitative estimate of drug-likeness (QED) is 0.486. The van der Waals surface area contributed by atoms with Gasteiger partial charge < -0.3 is 9.47 Å². The minimum absolute atomic E-state index is 0.181. The van der Waals surface area contributed by atoms with Gasteiger partial charge >= 0.3 is 5.97 Å². The highest BCUT2D eigenvalue weighted by molar-refractivity contribution is 6.41. The summed E-state index contributed by atoms with van der Waals surface area (Å²) in [5, 5.41) is 0. The van der Waals surface area contributed by atoms with E-state index in [1.54, 1.807) is 24.3 Å². The smallest absolute Gasteiger partial charge is 0.379 e. The summed E-state index contributed by atoms with van der Waals surface area (Å²) < 4.78 is 10.1. The SMILES string of the molecule is COC(=O)C(=O)c1ccccc1Oc1cccc(C)c1. The summed E-state index contributed by atoms with van der Waals surface area (Å²) in [7, 11) is 1.17. The lowest BCUT2D eigenvalue weighted by Gasteiger charge is -2.10. The zero-order valence-electron chi connectivity index (χ0n) is 11.3. The van der Waals surface area contributed by atoms with Crippen LogP contribution >= 0.6 is 0 Å². The van der Waals surface area contributed by atoms with E-state index in [9.17, 15) is 9.59 Å². The fraction of sp³-hybridized carbons (Fsp3) is 0.125. The molecule has 0 saturated carbocycles. The lowest BCUT2D eigenvalue weighted by molar-refractivity contribution is -0.135. The van der Waals surface area contributed by atoms with Crippen LogP contribution in [0.1, 0.15) is 15.9 Å². The van der Waals surface area contributed by atoms with Gasteiger partial charge in [-0.1, -0.05) is 24.3 Å². The van der Waals surface area contributed by atoms with Gasteiger partial charge in [-0.05, 0) is 36.8 Å². The van der Waals surface area contributed by atoms with E-state index in [0.717, 1.165) is 5.56 Å². The molecule has 0 saturated heterocycles. The van der Waals surface area contributed by atoms with E-state index < -0.39 is 11.8 Å². The Bertz CT molecular complexity index is 646. The van der Waals surface area contributed by atoms with E-state index in [1.807, 2.05) is 25.1 Å². The van der Waals surface area contributed by atoms with Crippen molar-refractivity contribution < 1.29 is 19.1 Å². The number of carbonyl (C=O) groups is 2. The summed E-state index contributed by atoms with van der Waals surface area (Å²) in [5.41, 5.74) is 1.22. The van der Waals surface area contributed by atoms with Gasteiger partial charge in [0.05, 0.1) is 12.7 Å². The Balaban J connectivity index is 2.33. The molecule has 2 aromatic carbocycles. The number of rotatable bonds is 4. The molecule has 0 bridgehead atoms. The number of methoxy groups -OCH3 is 1. The van der Waals surface area contributed by atoms with Crippen molar-refractivity contribution in [2.24, 2.45) is 0 Å². The molecule has 0 aliphatic carbocycles. The maximum absolute atomic E-state index is 11.9. The van der Waals surface area contributed by atoms with Crippen molar-refractivity contribution in [3.63, 3.8) is 0 Å². The molecule has 0 N–H and O–H groups in total. The van der Waals surface area contributed by atoms with Crippen LogP contribution in [0.25, 0.3) is 0 Å². The van der Waals surface area contributed by atoms with Crippen LogP contribution in [0.2, 0.25) is 0 Å². The highest BCUT2D eigenvalue weighted by atomic mass is 16.5. The largest absolute Gasteiger partial charge is 0.463 e. The summed E-state index contributed by atoms with van der Waals surface area (Å²) >= 11 is 0. The third-order valence-corrected chi connectivity index (χ3v) is 2.72. The molecule has 4 heteroatoms. The highest BCUT2D eigenvalue weighted by Gasteiger charge is 2.20. The first-order valence-electron chi connectivity index (χ1n) is 6.08. The van der Waals surface area contributed by atoms with Crippen molar-refractivity contribution in [2.75, 3.05) is 7.11 Å². The molecular weight excluding hydrogens is 256 g/mol. The van der Waals surface area contributed by atoms with Crippen molar-refractivity contribution in [1.82, 2.24) is 0 Å². The van der Waals surface area contributed by atoms with Gasteiger partial charge in [-0.25, -0.2) is 4.79 Å². The first kappa shape index (κ1) is 13.8. The predicted octanol–water partition coefficient (Wildman–Crippen LogP) is 3.14. The fourth-order valence-electron chi connectivity index (χ4n) is 1.75. The monoisotopic (exact) mass is 270 g/mol. The number of esters is 1. The van der Waals surface area contributed by atoms with E-state index in [1.165, 1.54) is 13.2 Å². The molecular formula is C16H14O4. The second-order valence-corrected chi connectivity index (χ2v) is 4.24. The third-order valence-electron chi connectivity index (χ3n) is 2.72. The van der Waals surface area contributed by atoms with E-state index in [4.69, 9.17) is 4.74 Å². The van der Waals surface area contributed by atoms with Gasteiger partial charge in [0.15, 0.2) is 0 Å². The van der Waals surface area contributed by atoms with Gasteiger partial charge in [-0.2, -0.15) is 0 Å². The van der Waals surface area contributed by atoms with E-state index in [2.05, 4.69) is 4.74 Å². The molecule has 0 amide bonds. The molecule has 0 heterocycles. The van der Waals surface area contributed by atoms with Crippen LogP contribution in [0, 0.1) is 6.92 Å². The van der Waals surface area contributed by atoms with Crippen LogP contribution in [0.3, 0.4) is 0 Å². The van der Waals surface area contributed by atoms with Crippen LogP contribution in [-0.2, 0) is 9.53 Å². The number of para-hydroxylation sites is 1. The molecule has 2 rings (SSSR count). The number of carbonyl (C=O) groups excluding carboxylic acids is 2. The zero-order valence-corrected chi connectivity index (χ0v) is 11.3. The number of aryl methyl sites for hydroxylation is 1. The van der Waals surface area contributed by atoms with E-state index in [0.29, 0.717) is 11.5 Å². The van der Waals surface area contributed by atoms with E-state index in [-0.39, 0.29) is 5.56 Å². The summed E-state index contributed by atoms with van der Waals surface area (Å²) in [4.78, 5) is 23.2. The average molecular weight is 270 g/mol. The van der Waals surface area contributed by atoms with Crippen molar-refractivity contribution >= 4 is 11.8 Å². The minimum atomic E-state index is -0.912. The number of hydrogen-bond donors (Lipinski definition) is 0. The summed E-state index contributed by atoms with van der Waals surface area (Å²) in [6.07, 6.45) is 0. The standard InChI is InChI=1S/C16H14O4/c1-11-6-5-7-12(10-11)20-14-9-4-3-8-13(14)15(17)16(18)19-2/h3-10H,1-2H3. The van der Waals surface area contributed by atoms with Crippen molar-refractivity contribution in [3.8, 4) is 11.5 Å². The normalized spacial score (nSPS) is 9.90. The van der Waals surface area contributed by atoms with Crippen molar-refractivity contribution in [1.29, 1.82) is 0 Å². The molecule has 0 aromatic heterocycles. The number of hydrogen-bond acceptors (Lipinski definition) is 4. The highest BCUT2D eigenvalue weighted by Crippen LogP contribution is 2.26. The Kier molecular flexibility index (Phi) is 4.15. The number of Topliss-reactive ketones (excluding diaryl/α,β-unsaturated/α-hetero) is 1. The predicted molar refractivity (Wildman–Crippen MR) is 74.0 cm³/mol. The molecule has 4 nitrogen and oxygen atoms in total. The number of ketones is 1. The second kappa shape index (κ2) is 6.02. The Morgan fingerprint density at radius 1 is 1.00 bits per heavy atom. The molecule has 20 heavy (non-hydrogen) atoms. The zero-order chi connectivity index (χ0) is 14.5. The lowest BCUT2D eigenvalue weighted by Crippen LogP contribution is -2.16. The molecule has 0 spiro atoms. The third kappa shape index (κ3) is 3.03.